The zero-order valence-corrected chi connectivity index (χ0v) is 15.3. The predicted octanol–water partition coefficient (Wildman–Crippen LogP) is 1.04. The molecule has 1 heterocycles. The molecule has 0 bridgehead atoms. The summed E-state index contributed by atoms with van der Waals surface area (Å²) in [4.78, 5) is 14.2. The molecule has 1 fully saturated rings. The zero-order chi connectivity index (χ0) is 17.7. The van der Waals surface area contributed by atoms with E-state index in [4.69, 9.17) is 4.74 Å². The van der Waals surface area contributed by atoms with Gasteiger partial charge in [-0.15, -0.1) is 0 Å². The van der Waals surface area contributed by atoms with Crippen LogP contribution in [0.1, 0.15) is 24.2 Å². The van der Waals surface area contributed by atoms with Gasteiger partial charge in [-0.05, 0) is 18.2 Å². The summed E-state index contributed by atoms with van der Waals surface area (Å²) in [5.74, 6) is 0.525. The molecule has 0 atom stereocenters. The quantitative estimate of drug-likeness (QED) is 0.764. The Morgan fingerprint density at radius 1 is 1.17 bits per heavy atom. The number of carbonyl (C=O) groups excluding carboxylic acids is 1. The smallest absolute Gasteiger partial charge is 0.282 e. The highest BCUT2D eigenvalue weighted by Gasteiger charge is 2.32. The zero-order valence-electron chi connectivity index (χ0n) is 14.4. The van der Waals surface area contributed by atoms with E-state index in [-0.39, 0.29) is 5.91 Å². The third-order valence-electron chi connectivity index (χ3n) is 4.20. The van der Waals surface area contributed by atoms with Crippen molar-refractivity contribution in [1.82, 2.24) is 13.5 Å². The Bertz CT molecular complexity index is 666. The minimum atomic E-state index is -3.44. The molecule has 1 aliphatic heterocycles. The van der Waals surface area contributed by atoms with Gasteiger partial charge in [0.05, 0.1) is 7.11 Å². The van der Waals surface area contributed by atoms with E-state index < -0.39 is 10.2 Å². The molecule has 1 aliphatic rings. The Balaban J connectivity index is 2.03. The van der Waals surface area contributed by atoms with E-state index in [0.29, 0.717) is 50.6 Å². The van der Waals surface area contributed by atoms with Crippen LogP contribution in [0.5, 0.6) is 5.75 Å². The van der Waals surface area contributed by atoms with Gasteiger partial charge in [0, 0.05) is 44.8 Å². The highest BCUT2D eigenvalue weighted by Crippen LogP contribution is 2.17. The van der Waals surface area contributed by atoms with Crippen LogP contribution in [-0.2, 0) is 10.2 Å². The highest BCUT2D eigenvalue weighted by molar-refractivity contribution is 7.86. The summed E-state index contributed by atoms with van der Waals surface area (Å²) in [6, 6.07) is 6.99. The molecule has 24 heavy (non-hydrogen) atoms. The van der Waals surface area contributed by atoms with E-state index in [0.717, 1.165) is 0 Å². The monoisotopic (exact) mass is 355 g/mol. The van der Waals surface area contributed by atoms with Gasteiger partial charge in [0.15, 0.2) is 0 Å². The second-order valence-electron chi connectivity index (χ2n) is 5.52. The Morgan fingerprint density at radius 3 is 2.33 bits per heavy atom. The van der Waals surface area contributed by atoms with Crippen molar-refractivity contribution in [3.05, 3.63) is 29.8 Å². The lowest BCUT2D eigenvalue weighted by Crippen LogP contribution is -2.54. The molecular weight excluding hydrogens is 330 g/mol. The van der Waals surface area contributed by atoms with Gasteiger partial charge in [0.2, 0.25) is 0 Å². The van der Waals surface area contributed by atoms with E-state index in [1.165, 1.54) is 8.61 Å². The van der Waals surface area contributed by atoms with Gasteiger partial charge in [-0.2, -0.15) is 17.0 Å². The van der Waals surface area contributed by atoms with Crippen LogP contribution < -0.4 is 4.74 Å². The number of amides is 1. The van der Waals surface area contributed by atoms with E-state index in [2.05, 4.69) is 0 Å². The van der Waals surface area contributed by atoms with Gasteiger partial charge in [-0.1, -0.05) is 19.9 Å². The van der Waals surface area contributed by atoms with Crippen LogP contribution in [0.3, 0.4) is 0 Å². The van der Waals surface area contributed by atoms with Crippen molar-refractivity contribution in [3.8, 4) is 5.75 Å². The van der Waals surface area contributed by atoms with Gasteiger partial charge < -0.3 is 9.64 Å². The van der Waals surface area contributed by atoms with Crippen molar-refractivity contribution in [2.75, 3.05) is 46.4 Å². The maximum atomic E-state index is 12.6. The molecule has 0 aliphatic carbocycles. The first-order chi connectivity index (χ1) is 11.4. The fraction of sp³-hybridized carbons (Fsp3) is 0.562. The number of hydrogen-bond acceptors (Lipinski definition) is 4. The summed E-state index contributed by atoms with van der Waals surface area (Å²) in [6.45, 7) is 5.94. The van der Waals surface area contributed by atoms with Gasteiger partial charge in [0.25, 0.3) is 16.1 Å². The van der Waals surface area contributed by atoms with Crippen molar-refractivity contribution >= 4 is 16.1 Å². The van der Waals surface area contributed by atoms with Crippen molar-refractivity contribution in [3.63, 3.8) is 0 Å². The maximum Gasteiger partial charge on any atom is 0.282 e. The SMILES string of the molecule is CCN(CC)S(=O)(=O)N1CCN(C(=O)c2cccc(OC)c2)CC1. The van der Waals surface area contributed by atoms with Crippen LogP contribution in [0.2, 0.25) is 0 Å². The van der Waals surface area contributed by atoms with Crippen molar-refractivity contribution in [2.45, 2.75) is 13.8 Å². The van der Waals surface area contributed by atoms with Crippen LogP contribution in [0.15, 0.2) is 24.3 Å². The minimum Gasteiger partial charge on any atom is -0.497 e. The predicted molar refractivity (Wildman–Crippen MR) is 92.3 cm³/mol. The van der Waals surface area contributed by atoms with Gasteiger partial charge in [0.1, 0.15) is 5.75 Å². The largest absolute Gasteiger partial charge is 0.497 e. The number of carbonyl (C=O) groups is 1. The fourth-order valence-corrected chi connectivity index (χ4v) is 4.38. The normalized spacial score (nSPS) is 16.4. The number of piperazine rings is 1. The molecule has 7 nitrogen and oxygen atoms in total. The number of methoxy groups -OCH3 is 1. The maximum absolute atomic E-state index is 12.6. The summed E-state index contributed by atoms with van der Waals surface area (Å²) in [7, 11) is -1.88. The molecular formula is C16H25N3O4S. The molecule has 8 heteroatoms. The van der Waals surface area contributed by atoms with Crippen LogP contribution >= 0.6 is 0 Å². The van der Waals surface area contributed by atoms with Gasteiger partial charge in [-0.3, -0.25) is 4.79 Å². The number of benzene rings is 1. The summed E-state index contributed by atoms with van der Waals surface area (Å²) in [6.07, 6.45) is 0. The molecule has 1 saturated heterocycles. The van der Waals surface area contributed by atoms with Crippen molar-refractivity contribution in [2.24, 2.45) is 0 Å². The minimum absolute atomic E-state index is 0.103. The molecule has 2 rings (SSSR count). The average molecular weight is 355 g/mol. The number of hydrogen-bond donors (Lipinski definition) is 0. The van der Waals surface area contributed by atoms with E-state index in [9.17, 15) is 13.2 Å². The number of nitrogens with zero attached hydrogens (tertiary/aromatic N) is 3. The molecule has 0 N–H and O–H groups in total. The number of ether oxygens (including phenoxy) is 1. The lowest BCUT2D eigenvalue weighted by Gasteiger charge is -2.36. The molecule has 134 valence electrons. The first kappa shape index (κ1) is 18.7. The summed E-state index contributed by atoms with van der Waals surface area (Å²) < 4.78 is 33.1. The van der Waals surface area contributed by atoms with Crippen LogP contribution in [0, 0.1) is 0 Å². The molecule has 0 aromatic heterocycles. The topological polar surface area (TPSA) is 70.2 Å². The Kier molecular flexibility index (Phi) is 6.20. The highest BCUT2D eigenvalue weighted by atomic mass is 32.2. The van der Waals surface area contributed by atoms with Gasteiger partial charge in [-0.25, -0.2) is 0 Å². The summed E-state index contributed by atoms with van der Waals surface area (Å²) >= 11 is 0. The second kappa shape index (κ2) is 7.96. The van der Waals surface area contributed by atoms with Crippen LogP contribution in [0.4, 0.5) is 0 Å². The first-order valence-electron chi connectivity index (χ1n) is 8.12. The van der Waals surface area contributed by atoms with Crippen LogP contribution in [0.25, 0.3) is 0 Å². The third-order valence-corrected chi connectivity index (χ3v) is 6.39. The average Bonchev–Trinajstić information content (AvgIpc) is 2.62. The van der Waals surface area contributed by atoms with Crippen molar-refractivity contribution < 1.29 is 17.9 Å². The van der Waals surface area contributed by atoms with E-state index in [1.54, 1.807) is 36.3 Å². The lowest BCUT2D eigenvalue weighted by molar-refractivity contribution is 0.0694. The molecule has 1 amide bonds. The summed E-state index contributed by atoms with van der Waals surface area (Å²) in [5.41, 5.74) is 0.550. The van der Waals surface area contributed by atoms with E-state index >= 15 is 0 Å². The Labute approximate surface area is 144 Å². The Morgan fingerprint density at radius 2 is 1.79 bits per heavy atom. The molecule has 0 spiro atoms. The molecule has 0 saturated carbocycles. The lowest BCUT2D eigenvalue weighted by atomic mass is 10.1. The van der Waals surface area contributed by atoms with Crippen molar-refractivity contribution in [1.29, 1.82) is 0 Å². The Hall–Kier alpha value is -1.64. The summed E-state index contributed by atoms with van der Waals surface area (Å²) in [5, 5.41) is 0. The molecule has 1 aromatic rings. The molecule has 0 unspecified atom stereocenters. The first-order valence-corrected chi connectivity index (χ1v) is 9.52. The van der Waals surface area contributed by atoms with Crippen LogP contribution in [-0.4, -0.2) is 74.2 Å². The molecule has 1 aromatic carbocycles. The van der Waals surface area contributed by atoms with Gasteiger partial charge >= 0.3 is 0 Å². The standard InChI is InChI=1S/C16H25N3O4S/c1-4-18(5-2)24(21,22)19-11-9-17(10-12-19)16(20)14-7-6-8-15(13-14)23-3/h6-8,13H,4-5,9-12H2,1-3H3. The number of rotatable bonds is 6. The molecule has 0 radical (unpaired) electrons. The van der Waals surface area contributed by atoms with E-state index in [1.807, 2.05) is 13.8 Å². The third kappa shape index (κ3) is 3.88. The second-order valence-corrected chi connectivity index (χ2v) is 7.44. The fourth-order valence-electron chi connectivity index (χ4n) is 2.77.